The molecule has 0 saturated carbocycles. The van der Waals surface area contributed by atoms with E-state index in [1.165, 1.54) is 0 Å². The van der Waals surface area contributed by atoms with Crippen LogP contribution in [0.3, 0.4) is 0 Å². The third-order valence-electron chi connectivity index (χ3n) is 0.596. The molecular formula is C4H9F2NO. The zero-order chi connectivity index (χ0) is 6.41. The molecule has 0 radical (unpaired) electrons. The highest BCUT2D eigenvalue weighted by Crippen LogP contribution is 1.91. The lowest BCUT2D eigenvalue weighted by atomic mass is 10.7. The standard InChI is InChI=1S/C4H9F2NO/c1-7-2-3-8-4(5)6/h4,7H,2-3H2,1H3. The van der Waals surface area contributed by atoms with Crippen molar-refractivity contribution in [2.24, 2.45) is 0 Å². The third-order valence-corrected chi connectivity index (χ3v) is 0.596. The lowest BCUT2D eigenvalue weighted by Crippen LogP contribution is -2.15. The summed E-state index contributed by atoms with van der Waals surface area (Å²) in [6, 6.07) is 0. The number of rotatable bonds is 4. The van der Waals surface area contributed by atoms with Crippen LogP contribution in [0, 0.1) is 0 Å². The average Bonchev–Trinajstić information content (AvgIpc) is 1.66. The van der Waals surface area contributed by atoms with E-state index >= 15 is 0 Å². The third kappa shape index (κ3) is 5.78. The lowest BCUT2D eigenvalue weighted by Gasteiger charge is -1.99. The second kappa shape index (κ2) is 4.93. The molecule has 2 nitrogen and oxygen atoms in total. The fourth-order valence-corrected chi connectivity index (χ4v) is 0.250. The van der Waals surface area contributed by atoms with E-state index in [0.29, 0.717) is 6.54 Å². The largest absolute Gasteiger partial charge is 0.345 e. The van der Waals surface area contributed by atoms with Gasteiger partial charge in [0.15, 0.2) is 0 Å². The first-order valence-electron chi connectivity index (χ1n) is 2.31. The molecular weight excluding hydrogens is 116 g/mol. The molecule has 0 saturated heterocycles. The first kappa shape index (κ1) is 7.78. The lowest BCUT2D eigenvalue weighted by molar-refractivity contribution is -0.127. The maximum atomic E-state index is 11.1. The Morgan fingerprint density at radius 3 is 2.62 bits per heavy atom. The van der Waals surface area contributed by atoms with Crippen LogP contribution in [-0.4, -0.2) is 26.8 Å². The van der Waals surface area contributed by atoms with E-state index in [2.05, 4.69) is 10.1 Å². The SMILES string of the molecule is CNCCOC(F)F. The minimum absolute atomic E-state index is 0.0637. The Hall–Kier alpha value is -0.220. The summed E-state index contributed by atoms with van der Waals surface area (Å²) in [6.07, 6.45) is 0. The van der Waals surface area contributed by atoms with Gasteiger partial charge in [0.05, 0.1) is 6.61 Å². The predicted molar refractivity (Wildman–Crippen MR) is 25.9 cm³/mol. The van der Waals surface area contributed by atoms with Crippen molar-refractivity contribution in [3.05, 3.63) is 0 Å². The number of hydrogen-bond acceptors (Lipinski definition) is 2. The first-order valence-corrected chi connectivity index (χ1v) is 2.31. The predicted octanol–water partition coefficient (Wildman–Crippen LogP) is 0.445. The van der Waals surface area contributed by atoms with Gasteiger partial charge in [-0.3, -0.25) is 0 Å². The Labute approximate surface area is 46.8 Å². The van der Waals surface area contributed by atoms with Gasteiger partial charge in [-0.1, -0.05) is 0 Å². The maximum absolute atomic E-state index is 11.1. The summed E-state index contributed by atoms with van der Waals surface area (Å²) in [5.41, 5.74) is 0. The van der Waals surface area contributed by atoms with Crippen molar-refractivity contribution < 1.29 is 13.5 Å². The normalized spacial score (nSPS) is 10.5. The molecule has 0 aromatic carbocycles. The number of ether oxygens (including phenoxy) is 1. The summed E-state index contributed by atoms with van der Waals surface area (Å²) in [6.45, 7) is -2.11. The topological polar surface area (TPSA) is 21.3 Å². The summed E-state index contributed by atoms with van der Waals surface area (Å²) >= 11 is 0. The van der Waals surface area contributed by atoms with Crippen molar-refractivity contribution in [2.45, 2.75) is 6.61 Å². The van der Waals surface area contributed by atoms with Gasteiger partial charge in [0.1, 0.15) is 0 Å². The van der Waals surface area contributed by atoms with E-state index in [1.54, 1.807) is 7.05 Å². The van der Waals surface area contributed by atoms with Crippen molar-refractivity contribution in [1.29, 1.82) is 0 Å². The summed E-state index contributed by atoms with van der Waals surface area (Å²) in [5, 5.41) is 2.66. The van der Waals surface area contributed by atoms with Crippen LogP contribution < -0.4 is 5.32 Å². The molecule has 0 aromatic rings. The van der Waals surface area contributed by atoms with Gasteiger partial charge in [-0.05, 0) is 7.05 Å². The fraction of sp³-hybridized carbons (Fsp3) is 1.00. The van der Waals surface area contributed by atoms with Gasteiger partial charge in [-0.25, -0.2) is 0 Å². The first-order chi connectivity index (χ1) is 3.77. The molecule has 0 bridgehead atoms. The molecule has 0 spiro atoms. The van der Waals surface area contributed by atoms with Gasteiger partial charge in [0.25, 0.3) is 0 Å². The van der Waals surface area contributed by atoms with Crippen molar-refractivity contribution >= 4 is 0 Å². The Balaban J connectivity index is 2.72. The highest BCUT2D eigenvalue weighted by atomic mass is 19.3. The molecule has 0 fully saturated rings. The fourth-order valence-electron chi connectivity index (χ4n) is 0.250. The molecule has 0 aliphatic carbocycles. The molecule has 0 atom stereocenters. The van der Waals surface area contributed by atoms with E-state index in [4.69, 9.17) is 0 Å². The van der Waals surface area contributed by atoms with Crippen molar-refractivity contribution in [2.75, 3.05) is 20.2 Å². The molecule has 0 amide bonds. The van der Waals surface area contributed by atoms with Crippen molar-refractivity contribution in [3.63, 3.8) is 0 Å². The van der Waals surface area contributed by atoms with E-state index in [0.717, 1.165) is 0 Å². The minimum Gasteiger partial charge on any atom is -0.322 e. The Morgan fingerprint density at radius 2 is 2.25 bits per heavy atom. The molecule has 1 N–H and O–H groups in total. The Kier molecular flexibility index (Phi) is 4.79. The number of likely N-dealkylation sites (N-methyl/N-ethyl adjacent to an activating group) is 1. The van der Waals surface area contributed by atoms with Gasteiger partial charge >= 0.3 is 6.61 Å². The van der Waals surface area contributed by atoms with E-state index in [1.807, 2.05) is 0 Å². The molecule has 0 aromatic heterocycles. The summed E-state index contributed by atoms with van der Waals surface area (Å²) < 4.78 is 26.1. The molecule has 0 rings (SSSR count). The molecule has 0 unspecified atom stereocenters. The number of hydrogen-bond donors (Lipinski definition) is 1. The number of halogens is 2. The highest BCUT2D eigenvalue weighted by molar-refractivity contribution is 4.32. The van der Waals surface area contributed by atoms with Crippen molar-refractivity contribution in [3.8, 4) is 0 Å². The summed E-state index contributed by atoms with van der Waals surface area (Å²) in [4.78, 5) is 0. The molecule has 0 heterocycles. The molecule has 8 heavy (non-hydrogen) atoms. The minimum atomic E-state index is -2.64. The monoisotopic (exact) mass is 125 g/mol. The smallest absolute Gasteiger partial charge is 0.322 e. The van der Waals surface area contributed by atoms with Crippen molar-refractivity contribution in [1.82, 2.24) is 5.32 Å². The van der Waals surface area contributed by atoms with Crippen LogP contribution in [0.15, 0.2) is 0 Å². The van der Waals surface area contributed by atoms with Crippen LogP contribution in [0.1, 0.15) is 0 Å². The van der Waals surface area contributed by atoms with E-state index < -0.39 is 6.61 Å². The Bertz CT molecular complexity index is 51.3. The quantitative estimate of drug-likeness (QED) is 0.550. The average molecular weight is 125 g/mol. The van der Waals surface area contributed by atoms with Crippen LogP contribution >= 0.6 is 0 Å². The van der Waals surface area contributed by atoms with Gasteiger partial charge in [-0.2, -0.15) is 8.78 Å². The van der Waals surface area contributed by atoms with E-state index in [-0.39, 0.29) is 6.61 Å². The zero-order valence-electron chi connectivity index (χ0n) is 4.66. The van der Waals surface area contributed by atoms with Crippen LogP contribution in [0.2, 0.25) is 0 Å². The van der Waals surface area contributed by atoms with Crippen LogP contribution in [0.25, 0.3) is 0 Å². The van der Waals surface area contributed by atoms with Gasteiger partial charge in [-0.15, -0.1) is 0 Å². The Morgan fingerprint density at radius 1 is 1.62 bits per heavy atom. The maximum Gasteiger partial charge on any atom is 0.345 e. The molecule has 50 valence electrons. The second-order valence-electron chi connectivity index (χ2n) is 1.23. The van der Waals surface area contributed by atoms with Gasteiger partial charge in [0, 0.05) is 6.54 Å². The van der Waals surface area contributed by atoms with Crippen LogP contribution in [0.5, 0.6) is 0 Å². The number of nitrogens with one attached hydrogen (secondary N) is 1. The van der Waals surface area contributed by atoms with E-state index in [9.17, 15) is 8.78 Å². The summed E-state index contributed by atoms with van der Waals surface area (Å²) in [7, 11) is 1.68. The molecule has 0 aliphatic heterocycles. The van der Waals surface area contributed by atoms with Gasteiger partial charge in [0.2, 0.25) is 0 Å². The van der Waals surface area contributed by atoms with Gasteiger partial charge < -0.3 is 10.1 Å². The second-order valence-corrected chi connectivity index (χ2v) is 1.23. The summed E-state index contributed by atoms with van der Waals surface area (Å²) in [5.74, 6) is 0. The highest BCUT2D eigenvalue weighted by Gasteiger charge is 1.97. The number of alkyl halides is 2. The molecule has 0 aliphatic rings. The van der Waals surface area contributed by atoms with Crippen LogP contribution in [-0.2, 0) is 4.74 Å². The van der Waals surface area contributed by atoms with Crippen LogP contribution in [0.4, 0.5) is 8.78 Å². The molecule has 4 heteroatoms. The zero-order valence-corrected chi connectivity index (χ0v) is 4.66.